The van der Waals surface area contributed by atoms with Crippen LogP contribution in [0.5, 0.6) is 0 Å². The van der Waals surface area contributed by atoms with Crippen LogP contribution in [0.25, 0.3) is 0 Å². The Morgan fingerprint density at radius 3 is 2.00 bits per heavy atom. The molecule has 0 spiro atoms. The first-order chi connectivity index (χ1) is 5.81. The van der Waals surface area contributed by atoms with Crippen LogP contribution in [-0.4, -0.2) is 25.0 Å². The summed E-state index contributed by atoms with van der Waals surface area (Å²) in [5, 5.41) is 0. The van der Waals surface area contributed by atoms with Crippen LogP contribution in [0.2, 0.25) is 0 Å². The molecule has 0 aliphatic heterocycles. The van der Waals surface area contributed by atoms with Crippen LogP contribution in [-0.2, 0) is 0 Å². The molecule has 0 rings (SSSR count). The van der Waals surface area contributed by atoms with Gasteiger partial charge in [-0.05, 0) is 26.6 Å². The van der Waals surface area contributed by atoms with Crippen LogP contribution in [0.15, 0.2) is 0 Å². The predicted molar refractivity (Wildman–Crippen MR) is 56.5 cm³/mol. The summed E-state index contributed by atoms with van der Waals surface area (Å²) in [7, 11) is 2.20. The third-order valence-electron chi connectivity index (χ3n) is 2.43. The summed E-state index contributed by atoms with van der Waals surface area (Å²) in [6, 6.07) is 0. The lowest BCUT2D eigenvalue weighted by Gasteiger charge is -2.12. The molecule has 0 aliphatic rings. The molecule has 0 atom stereocenters. The molecule has 0 amide bonds. The molecule has 0 saturated carbocycles. The molecular formula is C11H25N. The van der Waals surface area contributed by atoms with Gasteiger partial charge in [0.15, 0.2) is 0 Å². The maximum Gasteiger partial charge on any atom is -0.00219 e. The minimum absolute atomic E-state index is 1.19. The Morgan fingerprint density at radius 2 is 1.42 bits per heavy atom. The van der Waals surface area contributed by atoms with Gasteiger partial charge in [0.25, 0.3) is 0 Å². The summed E-state index contributed by atoms with van der Waals surface area (Å²) in [6.45, 7) is 6.96. The minimum Gasteiger partial charge on any atom is -0.307 e. The van der Waals surface area contributed by atoms with Crippen molar-refractivity contribution < 1.29 is 0 Å². The van der Waals surface area contributed by atoms with Crippen LogP contribution >= 0.6 is 0 Å². The van der Waals surface area contributed by atoms with Crippen molar-refractivity contribution in [2.75, 3.05) is 20.1 Å². The fourth-order valence-corrected chi connectivity index (χ4v) is 1.32. The molecule has 74 valence electrons. The average Bonchev–Trinajstić information content (AvgIpc) is 2.10. The molecule has 1 heteroatoms. The quantitative estimate of drug-likeness (QED) is 0.506. The van der Waals surface area contributed by atoms with E-state index >= 15 is 0 Å². The molecule has 0 aromatic carbocycles. The van der Waals surface area contributed by atoms with E-state index in [9.17, 15) is 0 Å². The monoisotopic (exact) mass is 171 g/mol. The molecule has 0 bridgehead atoms. The zero-order valence-corrected chi connectivity index (χ0v) is 9.10. The lowest BCUT2D eigenvalue weighted by molar-refractivity contribution is 0.340. The second kappa shape index (κ2) is 9.05. The maximum absolute atomic E-state index is 2.39. The lowest BCUT2D eigenvalue weighted by atomic mass is 10.1. The molecule has 0 aromatic rings. The number of hydrogen-bond donors (Lipinski definition) is 0. The first-order valence-electron chi connectivity index (χ1n) is 5.49. The van der Waals surface area contributed by atoms with Crippen molar-refractivity contribution >= 4 is 0 Å². The lowest BCUT2D eigenvalue weighted by Crippen LogP contribution is -2.18. The van der Waals surface area contributed by atoms with Crippen LogP contribution in [0.3, 0.4) is 0 Å². The second-order valence-corrected chi connectivity index (χ2v) is 3.66. The average molecular weight is 171 g/mol. The van der Waals surface area contributed by atoms with Crippen molar-refractivity contribution in [3.8, 4) is 0 Å². The van der Waals surface area contributed by atoms with Gasteiger partial charge in [-0.15, -0.1) is 0 Å². The molecular weight excluding hydrogens is 146 g/mol. The Kier molecular flexibility index (Phi) is 9.02. The summed E-state index contributed by atoms with van der Waals surface area (Å²) < 4.78 is 0. The number of nitrogens with zero attached hydrogens (tertiary/aromatic N) is 1. The fourth-order valence-electron chi connectivity index (χ4n) is 1.32. The predicted octanol–water partition coefficient (Wildman–Crippen LogP) is 3.30. The van der Waals surface area contributed by atoms with Gasteiger partial charge in [-0.25, -0.2) is 0 Å². The Morgan fingerprint density at radius 1 is 0.833 bits per heavy atom. The van der Waals surface area contributed by atoms with Gasteiger partial charge in [0, 0.05) is 0 Å². The highest BCUT2D eigenvalue weighted by molar-refractivity contribution is 4.49. The van der Waals surface area contributed by atoms with E-state index in [4.69, 9.17) is 0 Å². The van der Waals surface area contributed by atoms with Crippen LogP contribution in [0.4, 0.5) is 0 Å². The summed E-state index contributed by atoms with van der Waals surface area (Å²) in [6.07, 6.45) is 8.45. The van der Waals surface area contributed by atoms with Crippen molar-refractivity contribution in [1.82, 2.24) is 4.90 Å². The van der Waals surface area contributed by atoms with E-state index in [0.29, 0.717) is 0 Å². The summed E-state index contributed by atoms with van der Waals surface area (Å²) in [5.41, 5.74) is 0. The van der Waals surface area contributed by atoms with Gasteiger partial charge in [-0.1, -0.05) is 46.0 Å². The molecule has 0 radical (unpaired) electrons. The first kappa shape index (κ1) is 12.0. The van der Waals surface area contributed by atoms with Gasteiger partial charge in [0.2, 0.25) is 0 Å². The Hall–Kier alpha value is -0.0400. The molecule has 0 N–H and O–H groups in total. The first-order valence-corrected chi connectivity index (χ1v) is 5.49. The highest BCUT2D eigenvalue weighted by Crippen LogP contribution is 2.05. The fraction of sp³-hybridized carbons (Fsp3) is 1.00. The van der Waals surface area contributed by atoms with E-state index in [0.717, 1.165) is 0 Å². The molecule has 0 aliphatic carbocycles. The van der Waals surface area contributed by atoms with E-state index in [1.807, 2.05) is 0 Å². The van der Waals surface area contributed by atoms with E-state index < -0.39 is 0 Å². The van der Waals surface area contributed by atoms with Crippen LogP contribution in [0.1, 0.15) is 52.4 Å². The van der Waals surface area contributed by atoms with Gasteiger partial charge >= 0.3 is 0 Å². The van der Waals surface area contributed by atoms with Gasteiger partial charge in [0.05, 0.1) is 0 Å². The molecule has 12 heavy (non-hydrogen) atoms. The van der Waals surface area contributed by atoms with Crippen LogP contribution < -0.4 is 0 Å². The number of rotatable bonds is 8. The highest BCUT2D eigenvalue weighted by atomic mass is 15.1. The normalized spacial score (nSPS) is 11.0. The minimum atomic E-state index is 1.19. The summed E-state index contributed by atoms with van der Waals surface area (Å²) in [4.78, 5) is 2.39. The molecule has 0 fully saturated rings. The Balaban J connectivity index is 2.90. The van der Waals surface area contributed by atoms with Crippen molar-refractivity contribution in [2.24, 2.45) is 0 Å². The van der Waals surface area contributed by atoms with Crippen molar-refractivity contribution in [3.05, 3.63) is 0 Å². The van der Waals surface area contributed by atoms with E-state index in [-0.39, 0.29) is 0 Å². The van der Waals surface area contributed by atoms with Crippen LogP contribution in [0, 0.1) is 0 Å². The zero-order valence-electron chi connectivity index (χ0n) is 9.10. The van der Waals surface area contributed by atoms with Gasteiger partial charge in [-0.2, -0.15) is 0 Å². The summed E-state index contributed by atoms with van der Waals surface area (Å²) >= 11 is 0. The standard InChI is InChI=1S/C11H25N/c1-4-6-7-8-9-10-11-12(3)5-2/h4-11H2,1-3H3. The topological polar surface area (TPSA) is 3.24 Å². The van der Waals surface area contributed by atoms with E-state index in [1.54, 1.807) is 0 Å². The smallest absolute Gasteiger partial charge is 0.00219 e. The highest BCUT2D eigenvalue weighted by Gasteiger charge is 1.93. The van der Waals surface area contributed by atoms with Crippen molar-refractivity contribution in [2.45, 2.75) is 52.4 Å². The maximum atomic E-state index is 2.39. The van der Waals surface area contributed by atoms with Gasteiger partial charge < -0.3 is 4.90 Å². The Bertz CT molecular complexity index is 81.1. The van der Waals surface area contributed by atoms with Gasteiger partial charge in [0.1, 0.15) is 0 Å². The van der Waals surface area contributed by atoms with E-state index in [2.05, 4.69) is 25.8 Å². The third-order valence-corrected chi connectivity index (χ3v) is 2.43. The van der Waals surface area contributed by atoms with Gasteiger partial charge in [-0.3, -0.25) is 0 Å². The molecule has 0 aromatic heterocycles. The number of unbranched alkanes of at least 4 members (excludes halogenated alkanes) is 5. The Labute approximate surface area is 78.1 Å². The van der Waals surface area contributed by atoms with Crippen molar-refractivity contribution in [1.29, 1.82) is 0 Å². The van der Waals surface area contributed by atoms with Crippen molar-refractivity contribution in [3.63, 3.8) is 0 Å². The van der Waals surface area contributed by atoms with E-state index in [1.165, 1.54) is 51.6 Å². The molecule has 0 unspecified atom stereocenters. The molecule has 0 heterocycles. The SMILES string of the molecule is CCCCCCCCN(C)CC. The molecule has 1 nitrogen and oxygen atoms in total. The zero-order chi connectivity index (χ0) is 9.23. The molecule has 0 saturated heterocycles. The third kappa shape index (κ3) is 8.06. The summed E-state index contributed by atoms with van der Waals surface area (Å²) in [5.74, 6) is 0. The largest absolute Gasteiger partial charge is 0.307 e. The number of hydrogen-bond acceptors (Lipinski definition) is 1. The second-order valence-electron chi connectivity index (χ2n) is 3.66.